The molecule has 0 spiro atoms. The third-order valence-electron chi connectivity index (χ3n) is 9.03. The standard InChI is InChI=1S/C21H28BrF3O2/c1-11-10-14-17(22)15(26)6-7-18(14,2)12-4-8-19(3)13(16(11)12)5-9-20(19,27)21(23,24)25/h11-13,16,27H,4-10H2,1-3H3/t11?,12?,13?,16?,18-,19+,20+/m1/s1. The molecule has 0 amide bonds. The number of allylic oxidation sites excluding steroid dienone is 1. The highest BCUT2D eigenvalue weighted by atomic mass is 79.9. The number of rotatable bonds is 0. The van der Waals surface area contributed by atoms with E-state index < -0.39 is 17.2 Å². The third-order valence-corrected chi connectivity index (χ3v) is 9.95. The first-order valence-electron chi connectivity index (χ1n) is 10.1. The molecule has 3 fully saturated rings. The maximum Gasteiger partial charge on any atom is 0.417 e. The monoisotopic (exact) mass is 448 g/mol. The van der Waals surface area contributed by atoms with Crippen LogP contribution in [-0.4, -0.2) is 22.7 Å². The summed E-state index contributed by atoms with van der Waals surface area (Å²) in [7, 11) is 0. The van der Waals surface area contributed by atoms with E-state index in [9.17, 15) is 23.1 Å². The third kappa shape index (κ3) is 2.38. The average Bonchev–Trinajstić information content (AvgIpc) is 2.86. The Labute approximate surface area is 167 Å². The molecule has 3 saturated carbocycles. The molecular formula is C21H28BrF3O2. The lowest BCUT2D eigenvalue weighted by Gasteiger charge is -2.61. The Morgan fingerprint density at radius 1 is 1.11 bits per heavy atom. The second-order valence-electron chi connectivity index (χ2n) is 9.96. The van der Waals surface area contributed by atoms with E-state index in [0.717, 1.165) is 12.8 Å². The predicted octanol–water partition coefficient (Wildman–Crippen LogP) is 5.78. The second-order valence-corrected chi connectivity index (χ2v) is 10.8. The molecule has 0 aromatic rings. The molecule has 0 saturated heterocycles. The van der Waals surface area contributed by atoms with Crippen molar-refractivity contribution in [2.45, 2.75) is 77.5 Å². The lowest BCUT2D eigenvalue weighted by Crippen LogP contribution is -2.61. The van der Waals surface area contributed by atoms with Crippen molar-refractivity contribution in [3.8, 4) is 0 Å². The number of hydrogen-bond donors (Lipinski definition) is 1. The maximum absolute atomic E-state index is 13.8. The van der Waals surface area contributed by atoms with Crippen LogP contribution in [0.25, 0.3) is 0 Å². The number of ketones is 1. The fraction of sp³-hybridized carbons (Fsp3) is 0.857. The zero-order chi connectivity index (χ0) is 20.0. The average molecular weight is 449 g/mol. The number of Topliss-reactive ketones (excluding diaryl/α,β-unsaturated/α-hetero) is 1. The quantitative estimate of drug-likeness (QED) is 0.509. The fourth-order valence-electron chi connectivity index (χ4n) is 7.46. The van der Waals surface area contributed by atoms with Crippen LogP contribution in [0.3, 0.4) is 0 Å². The van der Waals surface area contributed by atoms with E-state index in [1.807, 2.05) is 0 Å². The number of carbonyl (C=O) groups excluding carboxylic acids is 1. The summed E-state index contributed by atoms with van der Waals surface area (Å²) in [4.78, 5) is 12.2. The summed E-state index contributed by atoms with van der Waals surface area (Å²) >= 11 is 3.53. The highest BCUT2D eigenvalue weighted by molar-refractivity contribution is 9.12. The highest BCUT2D eigenvalue weighted by Crippen LogP contribution is 2.71. The van der Waals surface area contributed by atoms with Gasteiger partial charge in [-0.2, -0.15) is 13.2 Å². The number of halogens is 4. The van der Waals surface area contributed by atoms with Gasteiger partial charge < -0.3 is 5.11 Å². The largest absolute Gasteiger partial charge is 0.417 e. The first-order valence-corrected chi connectivity index (χ1v) is 10.9. The normalized spacial score (nSPS) is 50.3. The van der Waals surface area contributed by atoms with E-state index in [1.165, 1.54) is 5.57 Å². The Morgan fingerprint density at radius 2 is 1.74 bits per heavy atom. The van der Waals surface area contributed by atoms with E-state index in [0.29, 0.717) is 30.2 Å². The van der Waals surface area contributed by atoms with Gasteiger partial charge in [0.15, 0.2) is 11.4 Å². The smallest absolute Gasteiger partial charge is 0.380 e. The zero-order valence-corrected chi connectivity index (χ0v) is 17.7. The molecular weight excluding hydrogens is 421 g/mol. The zero-order valence-electron chi connectivity index (χ0n) is 16.1. The molecule has 6 heteroatoms. The van der Waals surface area contributed by atoms with Crippen molar-refractivity contribution in [3.63, 3.8) is 0 Å². The van der Waals surface area contributed by atoms with Gasteiger partial charge in [0.2, 0.25) is 0 Å². The summed E-state index contributed by atoms with van der Waals surface area (Å²) in [5.41, 5.74) is -2.63. The number of alkyl halides is 3. The molecule has 0 aliphatic heterocycles. The molecule has 152 valence electrons. The SMILES string of the molecule is CC1CC2=C(Br)C(=O)CC[C@]2(C)C2CC[C@@]3(C)C(CC[C@@]3(O)C(F)(F)F)C12. The van der Waals surface area contributed by atoms with E-state index in [4.69, 9.17) is 0 Å². The van der Waals surface area contributed by atoms with Crippen LogP contribution in [0.5, 0.6) is 0 Å². The van der Waals surface area contributed by atoms with Gasteiger partial charge in [-0.25, -0.2) is 0 Å². The van der Waals surface area contributed by atoms with Crippen LogP contribution < -0.4 is 0 Å². The molecule has 4 rings (SSSR count). The van der Waals surface area contributed by atoms with Gasteiger partial charge in [-0.3, -0.25) is 4.79 Å². The summed E-state index contributed by atoms with van der Waals surface area (Å²) in [6, 6.07) is 0. The summed E-state index contributed by atoms with van der Waals surface area (Å²) in [5.74, 6) is 0.707. The van der Waals surface area contributed by atoms with Gasteiger partial charge in [-0.1, -0.05) is 20.8 Å². The van der Waals surface area contributed by atoms with Gasteiger partial charge in [-0.05, 0) is 89.1 Å². The Hall–Kier alpha value is -0.360. The van der Waals surface area contributed by atoms with Crippen LogP contribution in [0.4, 0.5) is 13.2 Å². The molecule has 0 radical (unpaired) electrons. The number of hydrogen-bond acceptors (Lipinski definition) is 2. The summed E-state index contributed by atoms with van der Waals surface area (Å²) in [6.45, 7) is 6.02. The van der Waals surface area contributed by atoms with Crippen molar-refractivity contribution in [1.29, 1.82) is 0 Å². The Kier molecular flexibility index (Phi) is 4.31. The molecule has 4 aliphatic carbocycles. The molecule has 4 aliphatic rings. The lowest BCUT2D eigenvalue weighted by molar-refractivity contribution is -0.304. The van der Waals surface area contributed by atoms with Crippen molar-refractivity contribution in [1.82, 2.24) is 0 Å². The molecule has 0 bridgehead atoms. The van der Waals surface area contributed by atoms with Gasteiger partial charge in [0.1, 0.15) is 0 Å². The van der Waals surface area contributed by atoms with Crippen molar-refractivity contribution < 1.29 is 23.1 Å². The minimum absolute atomic E-state index is 0.118. The first-order chi connectivity index (χ1) is 12.4. The fourth-order valence-corrected chi connectivity index (χ4v) is 8.27. The van der Waals surface area contributed by atoms with Crippen molar-refractivity contribution in [2.75, 3.05) is 0 Å². The van der Waals surface area contributed by atoms with Gasteiger partial charge in [0, 0.05) is 11.8 Å². The van der Waals surface area contributed by atoms with Crippen molar-refractivity contribution in [2.24, 2.45) is 34.5 Å². The molecule has 4 unspecified atom stereocenters. The lowest BCUT2D eigenvalue weighted by atomic mass is 9.44. The van der Waals surface area contributed by atoms with E-state index in [1.54, 1.807) is 6.92 Å². The maximum atomic E-state index is 13.8. The van der Waals surface area contributed by atoms with Crippen LogP contribution in [0.1, 0.15) is 65.7 Å². The Bertz CT molecular complexity index is 717. The van der Waals surface area contributed by atoms with Gasteiger partial charge in [-0.15, -0.1) is 0 Å². The molecule has 0 aromatic heterocycles. The predicted molar refractivity (Wildman–Crippen MR) is 100 cm³/mol. The minimum atomic E-state index is -4.59. The molecule has 7 atom stereocenters. The molecule has 1 N–H and O–H groups in total. The van der Waals surface area contributed by atoms with Crippen LogP contribution >= 0.6 is 15.9 Å². The Balaban J connectivity index is 1.76. The summed E-state index contributed by atoms with van der Waals surface area (Å²) < 4.78 is 42.2. The summed E-state index contributed by atoms with van der Waals surface area (Å²) in [5, 5.41) is 10.7. The Morgan fingerprint density at radius 3 is 2.37 bits per heavy atom. The van der Waals surface area contributed by atoms with E-state index in [2.05, 4.69) is 29.8 Å². The number of fused-ring (bicyclic) bond motifs is 5. The number of aliphatic hydroxyl groups is 1. The molecule has 0 heterocycles. The van der Waals surface area contributed by atoms with E-state index >= 15 is 0 Å². The van der Waals surface area contributed by atoms with Gasteiger partial charge >= 0.3 is 6.18 Å². The van der Waals surface area contributed by atoms with E-state index in [-0.39, 0.29) is 41.3 Å². The van der Waals surface area contributed by atoms with Crippen LogP contribution in [-0.2, 0) is 4.79 Å². The first kappa shape index (κ1) is 19.9. The van der Waals surface area contributed by atoms with Gasteiger partial charge in [0.05, 0.1) is 4.48 Å². The van der Waals surface area contributed by atoms with Gasteiger partial charge in [0.25, 0.3) is 0 Å². The van der Waals surface area contributed by atoms with Crippen molar-refractivity contribution in [3.05, 3.63) is 10.1 Å². The summed E-state index contributed by atoms with van der Waals surface area (Å²) in [6.07, 6.45) is -1.19. The van der Waals surface area contributed by atoms with Crippen molar-refractivity contribution >= 4 is 21.7 Å². The van der Waals surface area contributed by atoms with Crippen LogP contribution in [0.2, 0.25) is 0 Å². The van der Waals surface area contributed by atoms with Crippen LogP contribution in [0, 0.1) is 34.5 Å². The highest BCUT2D eigenvalue weighted by Gasteiger charge is 2.73. The van der Waals surface area contributed by atoms with Crippen LogP contribution in [0.15, 0.2) is 10.1 Å². The molecule has 27 heavy (non-hydrogen) atoms. The number of carbonyl (C=O) groups is 1. The molecule has 0 aromatic carbocycles. The molecule has 2 nitrogen and oxygen atoms in total. The minimum Gasteiger partial charge on any atom is -0.380 e. The second kappa shape index (κ2) is 5.84. The topological polar surface area (TPSA) is 37.3 Å².